The Morgan fingerprint density at radius 2 is 1.89 bits per heavy atom. The number of hydrogen-bond donors (Lipinski definition) is 0. The van der Waals surface area contributed by atoms with E-state index in [1.165, 1.54) is 0 Å². The van der Waals surface area contributed by atoms with Crippen LogP contribution in [-0.4, -0.2) is 21.9 Å². The number of halogens is 1. The molecule has 0 unspecified atom stereocenters. The van der Waals surface area contributed by atoms with Crippen LogP contribution in [0.5, 0.6) is 0 Å². The molecule has 140 valence electrons. The first-order chi connectivity index (χ1) is 13.0. The zero-order valence-electron chi connectivity index (χ0n) is 14.8. The molecule has 0 radical (unpaired) electrons. The molecule has 1 amide bonds. The molecule has 3 rings (SSSR count). The summed E-state index contributed by atoms with van der Waals surface area (Å²) in [4.78, 5) is 34.2. The number of furan rings is 1. The van der Waals surface area contributed by atoms with Crippen LogP contribution >= 0.6 is 15.9 Å². The van der Waals surface area contributed by atoms with Crippen molar-refractivity contribution in [3.8, 4) is 11.5 Å². The first-order valence-electron chi connectivity index (χ1n) is 8.27. The van der Waals surface area contributed by atoms with Crippen molar-refractivity contribution in [2.24, 2.45) is 0 Å². The summed E-state index contributed by atoms with van der Waals surface area (Å²) in [5.74, 6) is -0.396. The van der Waals surface area contributed by atoms with Crippen LogP contribution in [0.1, 0.15) is 35.4 Å². The standard InChI is InChI=1S/C19H17BrN2O5/c1-3-16(23)27-22(11-14-9-10-15(20)25-14)19(24)17-12(2)21-18(26-17)13-7-5-4-6-8-13/h4-10H,3,11H2,1-2H3. The van der Waals surface area contributed by atoms with Gasteiger partial charge >= 0.3 is 11.9 Å². The summed E-state index contributed by atoms with van der Waals surface area (Å²) < 4.78 is 11.6. The molecular weight excluding hydrogens is 416 g/mol. The third kappa shape index (κ3) is 4.46. The topological polar surface area (TPSA) is 85.8 Å². The lowest BCUT2D eigenvalue weighted by atomic mass is 10.2. The second-order valence-corrected chi connectivity index (χ2v) is 6.45. The molecular formula is C19H17BrN2O5. The molecule has 0 spiro atoms. The molecule has 0 atom stereocenters. The first kappa shape index (κ1) is 18.9. The largest absolute Gasteiger partial charge is 0.452 e. The van der Waals surface area contributed by atoms with Gasteiger partial charge in [-0.25, -0.2) is 9.78 Å². The lowest BCUT2D eigenvalue weighted by Gasteiger charge is -2.18. The predicted molar refractivity (Wildman–Crippen MR) is 99.3 cm³/mol. The molecule has 0 saturated carbocycles. The van der Waals surface area contributed by atoms with Crippen molar-refractivity contribution >= 4 is 27.8 Å². The minimum atomic E-state index is -0.614. The van der Waals surface area contributed by atoms with E-state index in [0.29, 0.717) is 22.0 Å². The Balaban J connectivity index is 1.89. The smallest absolute Gasteiger partial charge is 0.332 e. The molecule has 8 heteroatoms. The quantitative estimate of drug-likeness (QED) is 0.551. The number of carbonyl (C=O) groups excluding carboxylic acids is 2. The summed E-state index contributed by atoms with van der Waals surface area (Å²) in [5, 5.41) is 0.916. The number of nitrogens with zero attached hydrogens (tertiary/aromatic N) is 2. The lowest BCUT2D eigenvalue weighted by molar-refractivity contribution is -0.180. The number of benzene rings is 1. The van der Waals surface area contributed by atoms with Crippen molar-refractivity contribution in [3.05, 3.63) is 64.3 Å². The van der Waals surface area contributed by atoms with Gasteiger partial charge in [0.05, 0.1) is 5.69 Å². The number of oxazole rings is 1. The van der Waals surface area contributed by atoms with E-state index in [-0.39, 0.29) is 18.7 Å². The number of hydrogen-bond acceptors (Lipinski definition) is 6. The minimum absolute atomic E-state index is 0.00313. The molecule has 1 aromatic carbocycles. The maximum absolute atomic E-state index is 12.9. The number of carbonyl (C=O) groups is 2. The van der Waals surface area contributed by atoms with Crippen LogP contribution in [0.2, 0.25) is 0 Å². The summed E-state index contributed by atoms with van der Waals surface area (Å²) in [6, 6.07) is 12.6. The highest BCUT2D eigenvalue weighted by Gasteiger charge is 2.27. The minimum Gasteiger partial charge on any atom is -0.452 e. The zero-order valence-corrected chi connectivity index (χ0v) is 16.4. The Labute approximate surface area is 164 Å². The van der Waals surface area contributed by atoms with Gasteiger partial charge in [-0.3, -0.25) is 4.79 Å². The van der Waals surface area contributed by atoms with Crippen LogP contribution in [0.3, 0.4) is 0 Å². The van der Waals surface area contributed by atoms with Gasteiger partial charge in [-0.05, 0) is 47.1 Å². The normalized spacial score (nSPS) is 10.6. The number of aromatic nitrogens is 1. The zero-order chi connectivity index (χ0) is 19.4. The highest BCUT2D eigenvalue weighted by atomic mass is 79.9. The highest BCUT2D eigenvalue weighted by molar-refractivity contribution is 9.10. The molecule has 0 aliphatic heterocycles. The Kier molecular flexibility index (Phi) is 5.75. The van der Waals surface area contributed by atoms with E-state index in [4.69, 9.17) is 13.7 Å². The van der Waals surface area contributed by atoms with Gasteiger partial charge in [0.15, 0.2) is 4.67 Å². The summed E-state index contributed by atoms with van der Waals surface area (Å²) in [6.45, 7) is 3.24. The maximum Gasteiger partial charge on any atom is 0.332 e. The van der Waals surface area contributed by atoms with E-state index in [0.717, 1.165) is 10.6 Å². The number of aryl methyl sites for hydroxylation is 1. The van der Waals surface area contributed by atoms with Crippen molar-refractivity contribution in [2.45, 2.75) is 26.8 Å². The van der Waals surface area contributed by atoms with Gasteiger partial charge in [-0.1, -0.05) is 25.1 Å². The molecule has 2 aromatic heterocycles. The molecule has 0 bridgehead atoms. The van der Waals surface area contributed by atoms with Gasteiger partial charge in [-0.2, -0.15) is 5.06 Å². The van der Waals surface area contributed by atoms with Crippen LogP contribution in [0.25, 0.3) is 11.5 Å². The van der Waals surface area contributed by atoms with E-state index >= 15 is 0 Å². The third-order valence-corrected chi connectivity index (χ3v) is 4.09. The first-order valence-corrected chi connectivity index (χ1v) is 9.07. The van der Waals surface area contributed by atoms with Crippen LogP contribution in [0, 0.1) is 6.92 Å². The van der Waals surface area contributed by atoms with E-state index in [9.17, 15) is 9.59 Å². The Morgan fingerprint density at radius 3 is 2.52 bits per heavy atom. The lowest BCUT2D eigenvalue weighted by Crippen LogP contribution is -2.33. The van der Waals surface area contributed by atoms with Crippen LogP contribution in [0.15, 0.2) is 56.0 Å². The second kappa shape index (κ2) is 8.22. The fraction of sp³-hybridized carbons (Fsp3) is 0.211. The van der Waals surface area contributed by atoms with Crippen molar-refractivity contribution in [1.82, 2.24) is 10.0 Å². The fourth-order valence-corrected chi connectivity index (χ4v) is 2.66. The van der Waals surface area contributed by atoms with Crippen molar-refractivity contribution < 1.29 is 23.3 Å². The molecule has 0 fully saturated rings. The number of rotatable bonds is 5. The highest BCUT2D eigenvalue weighted by Crippen LogP contribution is 2.24. The molecule has 0 saturated heterocycles. The van der Waals surface area contributed by atoms with Crippen molar-refractivity contribution in [1.29, 1.82) is 0 Å². The van der Waals surface area contributed by atoms with Crippen LogP contribution in [0.4, 0.5) is 0 Å². The Bertz CT molecular complexity index is 948. The molecule has 2 heterocycles. The summed E-state index contributed by atoms with van der Waals surface area (Å²) in [6.07, 6.45) is 0.121. The van der Waals surface area contributed by atoms with Crippen LogP contribution < -0.4 is 0 Å². The van der Waals surface area contributed by atoms with E-state index in [1.54, 1.807) is 26.0 Å². The summed E-state index contributed by atoms with van der Waals surface area (Å²) >= 11 is 3.20. The monoisotopic (exact) mass is 432 g/mol. The number of amides is 1. The van der Waals surface area contributed by atoms with Gasteiger partial charge in [0.25, 0.3) is 0 Å². The van der Waals surface area contributed by atoms with Crippen LogP contribution in [-0.2, 0) is 16.2 Å². The van der Waals surface area contributed by atoms with Gasteiger partial charge in [0.2, 0.25) is 11.7 Å². The van der Waals surface area contributed by atoms with E-state index in [2.05, 4.69) is 20.9 Å². The van der Waals surface area contributed by atoms with Crippen molar-refractivity contribution in [3.63, 3.8) is 0 Å². The Morgan fingerprint density at radius 1 is 1.15 bits per heavy atom. The van der Waals surface area contributed by atoms with Gasteiger partial charge in [0.1, 0.15) is 12.3 Å². The predicted octanol–water partition coefficient (Wildman–Crippen LogP) is 4.52. The SMILES string of the molecule is CCC(=O)ON(Cc1ccc(Br)o1)C(=O)c1oc(-c2ccccc2)nc1C. The molecule has 3 aromatic rings. The number of hydroxylamine groups is 2. The average molecular weight is 433 g/mol. The van der Waals surface area contributed by atoms with E-state index < -0.39 is 11.9 Å². The third-order valence-electron chi connectivity index (χ3n) is 3.67. The molecule has 7 nitrogen and oxygen atoms in total. The van der Waals surface area contributed by atoms with Gasteiger partial charge in [0, 0.05) is 12.0 Å². The maximum atomic E-state index is 12.9. The molecule has 0 N–H and O–H groups in total. The van der Waals surface area contributed by atoms with Gasteiger partial charge < -0.3 is 13.7 Å². The Hall–Kier alpha value is -2.87. The summed E-state index contributed by atoms with van der Waals surface area (Å²) in [7, 11) is 0. The van der Waals surface area contributed by atoms with Crippen molar-refractivity contribution in [2.75, 3.05) is 0 Å². The average Bonchev–Trinajstić information content (AvgIpc) is 3.26. The summed E-state index contributed by atoms with van der Waals surface area (Å²) in [5.41, 5.74) is 1.14. The van der Waals surface area contributed by atoms with Gasteiger partial charge in [-0.15, -0.1) is 0 Å². The molecule has 0 aliphatic rings. The molecule has 27 heavy (non-hydrogen) atoms. The fourth-order valence-electron chi connectivity index (χ4n) is 2.32. The van der Waals surface area contributed by atoms with E-state index in [1.807, 2.05) is 30.3 Å². The molecule has 0 aliphatic carbocycles. The second-order valence-electron chi connectivity index (χ2n) is 5.66.